The van der Waals surface area contributed by atoms with Crippen molar-refractivity contribution in [3.63, 3.8) is 0 Å². The van der Waals surface area contributed by atoms with Crippen LogP contribution >= 0.6 is 11.3 Å². The van der Waals surface area contributed by atoms with Crippen LogP contribution in [0.3, 0.4) is 0 Å². The van der Waals surface area contributed by atoms with Crippen LogP contribution in [0.1, 0.15) is 37.0 Å². The fourth-order valence-corrected chi connectivity index (χ4v) is 2.81. The Hall–Kier alpha value is -0.940. The van der Waals surface area contributed by atoms with Crippen molar-refractivity contribution < 1.29 is 9.53 Å². The van der Waals surface area contributed by atoms with E-state index in [9.17, 15) is 4.79 Å². The smallest absolute Gasteiger partial charge is 0.223 e. The second kappa shape index (κ2) is 5.80. The van der Waals surface area contributed by atoms with Gasteiger partial charge in [0.25, 0.3) is 0 Å². The van der Waals surface area contributed by atoms with E-state index < -0.39 is 0 Å². The van der Waals surface area contributed by atoms with Gasteiger partial charge in [0.15, 0.2) is 0 Å². The van der Waals surface area contributed by atoms with E-state index in [1.54, 1.807) is 11.3 Å². The first-order chi connectivity index (χ1) is 8.58. The summed E-state index contributed by atoms with van der Waals surface area (Å²) in [5, 5.41) is 3.07. The zero-order chi connectivity index (χ0) is 13.1. The van der Waals surface area contributed by atoms with Gasteiger partial charge < -0.3 is 9.64 Å². The minimum absolute atomic E-state index is 0.00468. The van der Waals surface area contributed by atoms with Crippen LogP contribution < -0.4 is 0 Å². The van der Waals surface area contributed by atoms with Gasteiger partial charge in [0.2, 0.25) is 5.91 Å². The molecule has 18 heavy (non-hydrogen) atoms. The average molecular weight is 268 g/mol. The topological polar surface area (TPSA) is 42.4 Å². The van der Waals surface area contributed by atoms with Crippen molar-refractivity contribution >= 4 is 17.2 Å². The summed E-state index contributed by atoms with van der Waals surface area (Å²) in [6, 6.07) is -0.00468. The summed E-state index contributed by atoms with van der Waals surface area (Å²) in [5.74, 6) is 0.599. The third kappa shape index (κ3) is 3.09. The number of morpholine rings is 1. The molecule has 0 radical (unpaired) electrons. The quantitative estimate of drug-likeness (QED) is 0.845. The predicted molar refractivity (Wildman–Crippen MR) is 71.6 cm³/mol. The first kappa shape index (κ1) is 13.5. The lowest BCUT2D eigenvalue weighted by molar-refractivity contribution is -0.141. The second-order valence-electron chi connectivity index (χ2n) is 5.07. The molecule has 4 nitrogen and oxygen atoms in total. The Morgan fingerprint density at radius 2 is 2.44 bits per heavy atom. The molecule has 1 atom stereocenters. The van der Waals surface area contributed by atoms with Crippen LogP contribution in [-0.2, 0) is 9.53 Å². The molecule has 2 rings (SSSR count). The van der Waals surface area contributed by atoms with E-state index in [0.29, 0.717) is 32.1 Å². The molecule has 1 fully saturated rings. The Morgan fingerprint density at radius 3 is 3.06 bits per heavy atom. The van der Waals surface area contributed by atoms with Crippen molar-refractivity contribution in [2.45, 2.75) is 33.2 Å². The van der Waals surface area contributed by atoms with Crippen molar-refractivity contribution in [2.75, 3.05) is 19.8 Å². The van der Waals surface area contributed by atoms with Gasteiger partial charge in [-0.25, -0.2) is 4.98 Å². The van der Waals surface area contributed by atoms with E-state index in [1.807, 2.05) is 17.2 Å². The van der Waals surface area contributed by atoms with E-state index in [2.05, 4.69) is 18.8 Å². The molecule has 0 bridgehead atoms. The molecule has 1 aromatic rings. The van der Waals surface area contributed by atoms with E-state index in [-0.39, 0.29) is 11.9 Å². The minimum Gasteiger partial charge on any atom is -0.377 e. The van der Waals surface area contributed by atoms with Crippen molar-refractivity contribution in [1.82, 2.24) is 9.88 Å². The predicted octanol–water partition coefficient (Wildman–Crippen LogP) is 2.40. The molecule has 1 aromatic heterocycles. The largest absolute Gasteiger partial charge is 0.377 e. The second-order valence-corrected chi connectivity index (χ2v) is 6.13. The third-order valence-corrected chi connectivity index (χ3v) is 3.80. The molecule has 2 heterocycles. The summed E-state index contributed by atoms with van der Waals surface area (Å²) in [4.78, 5) is 18.7. The van der Waals surface area contributed by atoms with Crippen LogP contribution in [0, 0.1) is 12.8 Å². The number of rotatable bonds is 3. The molecule has 0 N–H and O–H groups in total. The molecule has 1 aliphatic rings. The van der Waals surface area contributed by atoms with Gasteiger partial charge in [-0.1, -0.05) is 13.8 Å². The molecule has 0 unspecified atom stereocenters. The van der Waals surface area contributed by atoms with Gasteiger partial charge in [0.1, 0.15) is 0 Å². The van der Waals surface area contributed by atoms with Crippen molar-refractivity contribution in [1.29, 1.82) is 0 Å². The Kier molecular flexibility index (Phi) is 4.35. The maximum atomic E-state index is 12.2. The van der Waals surface area contributed by atoms with Gasteiger partial charge in [-0.2, -0.15) is 0 Å². The highest BCUT2D eigenvalue weighted by atomic mass is 32.1. The van der Waals surface area contributed by atoms with Crippen molar-refractivity contribution in [3.05, 3.63) is 16.1 Å². The molecule has 5 heteroatoms. The van der Waals surface area contributed by atoms with E-state index >= 15 is 0 Å². The molecular weight excluding hydrogens is 248 g/mol. The molecule has 0 saturated carbocycles. The lowest BCUT2D eigenvalue weighted by Gasteiger charge is -2.35. The van der Waals surface area contributed by atoms with Gasteiger partial charge in [0, 0.05) is 18.3 Å². The van der Waals surface area contributed by atoms with Crippen molar-refractivity contribution in [2.24, 2.45) is 5.92 Å². The van der Waals surface area contributed by atoms with Crippen LogP contribution in [0.15, 0.2) is 5.38 Å². The lowest BCUT2D eigenvalue weighted by atomic mass is 10.1. The number of carbonyl (C=O) groups excluding carboxylic acids is 1. The molecule has 100 valence electrons. The molecule has 0 aromatic carbocycles. The van der Waals surface area contributed by atoms with E-state index in [4.69, 9.17) is 4.74 Å². The van der Waals surface area contributed by atoms with Gasteiger partial charge in [-0.3, -0.25) is 4.79 Å². The maximum absolute atomic E-state index is 12.2. The summed E-state index contributed by atoms with van der Waals surface area (Å²) < 4.78 is 5.50. The number of nitrogens with zero attached hydrogens (tertiary/aromatic N) is 2. The maximum Gasteiger partial charge on any atom is 0.223 e. The summed E-state index contributed by atoms with van der Waals surface area (Å²) >= 11 is 1.62. The zero-order valence-electron chi connectivity index (χ0n) is 11.2. The molecule has 1 saturated heterocycles. The normalized spacial score (nSPS) is 20.4. The van der Waals surface area contributed by atoms with Gasteiger partial charge in [0.05, 0.1) is 30.0 Å². The number of thiazole rings is 1. The fourth-order valence-electron chi connectivity index (χ4n) is 2.15. The number of hydrogen-bond donors (Lipinski definition) is 0. The molecule has 0 spiro atoms. The molecule has 1 aliphatic heterocycles. The summed E-state index contributed by atoms with van der Waals surface area (Å²) in [7, 11) is 0. The van der Waals surface area contributed by atoms with Crippen LogP contribution in [0.4, 0.5) is 0 Å². The Labute approximate surface area is 112 Å². The number of aryl methyl sites for hydroxylation is 1. The Balaban J connectivity index is 2.13. The van der Waals surface area contributed by atoms with E-state index in [1.165, 1.54) is 0 Å². The van der Waals surface area contributed by atoms with Gasteiger partial charge in [-0.05, 0) is 12.8 Å². The minimum atomic E-state index is -0.00468. The molecule has 0 aliphatic carbocycles. The lowest BCUT2D eigenvalue weighted by Crippen LogP contribution is -2.43. The first-order valence-electron chi connectivity index (χ1n) is 6.37. The average Bonchev–Trinajstić information content (AvgIpc) is 2.75. The SMILES string of the molecule is Cc1nc([C@H]2COCCN2C(=O)CC(C)C)cs1. The molecular formula is C13H20N2O2S. The van der Waals surface area contributed by atoms with Crippen LogP contribution in [0.2, 0.25) is 0 Å². The number of ether oxygens (including phenoxy) is 1. The van der Waals surface area contributed by atoms with Gasteiger partial charge in [-0.15, -0.1) is 11.3 Å². The van der Waals surface area contributed by atoms with Crippen LogP contribution in [0.5, 0.6) is 0 Å². The van der Waals surface area contributed by atoms with Crippen LogP contribution in [-0.4, -0.2) is 35.5 Å². The highest BCUT2D eigenvalue weighted by molar-refractivity contribution is 7.09. The highest BCUT2D eigenvalue weighted by Gasteiger charge is 2.30. The summed E-state index contributed by atoms with van der Waals surface area (Å²) in [5.41, 5.74) is 0.967. The van der Waals surface area contributed by atoms with Crippen LogP contribution in [0.25, 0.3) is 0 Å². The number of carbonyl (C=O) groups is 1. The Morgan fingerprint density at radius 1 is 1.67 bits per heavy atom. The van der Waals surface area contributed by atoms with E-state index in [0.717, 1.165) is 10.7 Å². The fraction of sp³-hybridized carbons (Fsp3) is 0.692. The zero-order valence-corrected chi connectivity index (χ0v) is 12.0. The number of hydrogen-bond acceptors (Lipinski definition) is 4. The third-order valence-electron chi connectivity index (χ3n) is 3.01. The first-order valence-corrected chi connectivity index (χ1v) is 7.25. The monoisotopic (exact) mass is 268 g/mol. The Bertz CT molecular complexity index is 417. The summed E-state index contributed by atoms with van der Waals surface area (Å²) in [6.07, 6.45) is 0.597. The number of amides is 1. The molecule has 1 amide bonds. The highest BCUT2D eigenvalue weighted by Crippen LogP contribution is 2.26. The number of aromatic nitrogens is 1. The summed E-state index contributed by atoms with van der Waals surface area (Å²) in [6.45, 7) is 7.99. The van der Waals surface area contributed by atoms with Crippen molar-refractivity contribution in [3.8, 4) is 0 Å². The van der Waals surface area contributed by atoms with Gasteiger partial charge >= 0.3 is 0 Å². The standard InChI is InChI=1S/C13H20N2O2S/c1-9(2)6-13(16)15-4-5-17-7-12(15)11-8-18-10(3)14-11/h8-9,12H,4-7H2,1-3H3/t12-/m1/s1.